The molecule has 1 N–H and O–H groups in total. The van der Waals surface area contributed by atoms with Crippen LogP contribution >= 0.6 is 11.6 Å². The number of aryl methyl sites for hydroxylation is 1. The van der Waals surface area contributed by atoms with Crippen LogP contribution in [0, 0.1) is 6.92 Å². The number of nitrogens with zero attached hydrogens (tertiary/aromatic N) is 2. The third-order valence-corrected chi connectivity index (χ3v) is 3.67. The minimum Gasteiger partial charge on any atom is -0.477 e. The Hall–Kier alpha value is -2.18. The Bertz CT molecular complexity index is 719. The first-order chi connectivity index (χ1) is 11.4. The van der Waals surface area contributed by atoms with Gasteiger partial charge in [-0.2, -0.15) is 4.98 Å². The summed E-state index contributed by atoms with van der Waals surface area (Å²) in [5, 5.41) is 10.0. The molecule has 0 radical (unpaired) electrons. The second kappa shape index (κ2) is 8.08. The number of carbonyl (C=O) groups is 1. The smallest absolute Gasteiger partial charge is 0.343 e. The van der Waals surface area contributed by atoms with Crippen molar-refractivity contribution in [3.63, 3.8) is 0 Å². The van der Waals surface area contributed by atoms with Crippen LogP contribution in [-0.4, -0.2) is 40.9 Å². The molecule has 1 unspecified atom stereocenters. The maximum atomic E-state index is 11.5. The summed E-state index contributed by atoms with van der Waals surface area (Å²) in [5.74, 6) is -0.671. The number of halogens is 1. The molecular formula is C17H19ClN2O4. The molecule has 7 heteroatoms. The number of aromatic carboxylic acids is 1. The summed E-state index contributed by atoms with van der Waals surface area (Å²) in [5.41, 5.74) is 1.04. The highest BCUT2D eigenvalue weighted by molar-refractivity contribution is 6.30. The molecule has 0 aliphatic heterocycles. The van der Waals surface area contributed by atoms with Gasteiger partial charge in [0, 0.05) is 30.7 Å². The predicted octanol–water partition coefficient (Wildman–Crippen LogP) is 3.61. The molecule has 0 fully saturated rings. The van der Waals surface area contributed by atoms with Gasteiger partial charge in [-0.25, -0.2) is 9.78 Å². The maximum Gasteiger partial charge on any atom is 0.343 e. The van der Waals surface area contributed by atoms with Crippen LogP contribution in [0.1, 0.15) is 29.4 Å². The molecule has 1 atom stereocenters. The highest BCUT2D eigenvalue weighted by Gasteiger charge is 2.21. The van der Waals surface area contributed by atoms with E-state index >= 15 is 0 Å². The summed E-state index contributed by atoms with van der Waals surface area (Å²) in [4.78, 5) is 20.1. The van der Waals surface area contributed by atoms with E-state index in [1.807, 2.05) is 6.92 Å². The lowest BCUT2D eigenvalue weighted by Gasteiger charge is -2.16. The molecule has 1 aromatic heterocycles. The number of hydrogen-bond acceptors (Lipinski definition) is 5. The summed E-state index contributed by atoms with van der Waals surface area (Å²) in [7, 11) is 1.60. The van der Waals surface area contributed by atoms with Gasteiger partial charge >= 0.3 is 5.97 Å². The molecule has 6 nitrogen and oxygen atoms in total. The summed E-state index contributed by atoms with van der Waals surface area (Å²) < 4.78 is 10.8. The van der Waals surface area contributed by atoms with E-state index in [9.17, 15) is 9.90 Å². The number of hydrogen-bond donors (Lipinski definition) is 1. The monoisotopic (exact) mass is 350 g/mol. The third-order valence-electron chi connectivity index (χ3n) is 3.41. The van der Waals surface area contributed by atoms with Crippen LogP contribution in [0.15, 0.2) is 24.3 Å². The number of carboxylic acids is 1. The van der Waals surface area contributed by atoms with E-state index in [0.717, 1.165) is 5.56 Å². The molecular weight excluding hydrogens is 332 g/mol. The lowest BCUT2D eigenvalue weighted by Crippen LogP contribution is -2.18. The Labute approximate surface area is 145 Å². The Kier molecular flexibility index (Phi) is 6.11. The molecule has 0 saturated heterocycles. The van der Waals surface area contributed by atoms with E-state index in [4.69, 9.17) is 21.1 Å². The van der Waals surface area contributed by atoms with Crippen LogP contribution in [-0.2, 0) is 4.74 Å². The second-order valence-corrected chi connectivity index (χ2v) is 5.77. The van der Waals surface area contributed by atoms with Gasteiger partial charge in [0.05, 0.1) is 11.8 Å². The van der Waals surface area contributed by atoms with E-state index in [2.05, 4.69) is 9.97 Å². The average Bonchev–Trinajstić information content (AvgIpc) is 2.52. The van der Waals surface area contributed by atoms with Gasteiger partial charge in [0.15, 0.2) is 5.82 Å². The lowest BCUT2D eigenvalue weighted by atomic mass is 10.1. The van der Waals surface area contributed by atoms with Gasteiger partial charge in [-0.1, -0.05) is 11.6 Å². The quantitative estimate of drug-likeness (QED) is 0.821. The molecule has 0 amide bonds. The maximum absolute atomic E-state index is 11.5. The molecule has 0 aliphatic carbocycles. The van der Waals surface area contributed by atoms with Gasteiger partial charge in [0.25, 0.3) is 0 Å². The fourth-order valence-corrected chi connectivity index (χ4v) is 2.27. The van der Waals surface area contributed by atoms with Gasteiger partial charge in [-0.3, -0.25) is 0 Å². The molecule has 0 spiro atoms. The van der Waals surface area contributed by atoms with Crippen molar-refractivity contribution in [3.8, 4) is 17.3 Å². The van der Waals surface area contributed by atoms with Crippen LogP contribution in [0.2, 0.25) is 5.02 Å². The fourth-order valence-electron chi connectivity index (χ4n) is 2.14. The summed E-state index contributed by atoms with van der Waals surface area (Å²) in [6.07, 6.45) is 0.380. The minimum atomic E-state index is -1.12. The molecule has 2 aromatic rings. The molecule has 24 heavy (non-hydrogen) atoms. The Balaban J connectivity index is 2.41. The van der Waals surface area contributed by atoms with Crippen LogP contribution in [0.3, 0.4) is 0 Å². The second-order valence-electron chi connectivity index (χ2n) is 5.33. The summed E-state index contributed by atoms with van der Waals surface area (Å²) >= 11 is 5.89. The third kappa shape index (κ3) is 4.43. The normalized spacial score (nSPS) is 12.0. The number of rotatable bonds is 7. The fraction of sp³-hybridized carbons (Fsp3) is 0.353. The Morgan fingerprint density at radius 3 is 2.54 bits per heavy atom. The van der Waals surface area contributed by atoms with Crippen molar-refractivity contribution in [3.05, 3.63) is 40.5 Å². The first-order valence-corrected chi connectivity index (χ1v) is 7.83. The van der Waals surface area contributed by atoms with Crippen LogP contribution in [0.4, 0.5) is 0 Å². The number of aromatic nitrogens is 2. The van der Waals surface area contributed by atoms with Gasteiger partial charge in [0.1, 0.15) is 5.56 Å². The number of benzene rings is 1. The lowest BCUT2D eigenvalue weighted by molar-refractivity contribution is 0.0684. The van der Waals surface area contributed by atoms with E-state index < -0.39 is 5.97 Å². The number of methoxy groups -OCH3 is 1. The summed E-state index contributed by atoms with van der Waals surface area (Å²) in [6, 6.07) is 7.00. The molecule has 1 heterocycles. The molecule has 0 saturated carbocycles. The van der Waals surface area contributed by atoms with Crippen LogP contribution < -0.4 is 4.74 Å². The molecule has 128 valence electrons. The van der Waals surface area contributed by atoms with Crippen molar-refractivity contribution in [1.29, 1.82) is 0 Å². The van der Waals surface area contributed by atoms with E-state index in [-0.39, 0.29) is 17.5 Å². The van der Waals surface area contributed by atoms with E-state index in [0.29, 0.717) is 29.6 Å². The SMILES string of the molecule is COCCC(C)Oc1nc(-c2ccc(Cl)cc2)nc(C)c1C(=O)O. The first kappa shape index (κ1) is 18.2. The molecule has 0 aliphatic rings. The minimum absolute atomic E-state index is 0.0306. The summed E-state index contributed by atoms with van der Waals surface area (Å²) in [6.45, 7) is 3.97. The van der Waals surface area contributed by atoms with Crippen molar-refractivity contribution in [2.45, 2.75) is 26.4 Å². The van der Waals surface area contributed by atoms with Gasteiger partial charge in [-0.15, -0.1) is 0 Å². The predicted molar refractivity (Wildman–Crippen MR) is 90.8 cm³/mol. The average molecular weight is 351 g/mol. The number of carboxylic acid groups (broad SMARTS) is 1. The van der Waals surface area contributed by atoms with Gasteiger partial charge in [-0.05, 0) is 38.1 Å². The Morgan fingerprint density at radius 2 is 1.96 bits per heavy atom. The van der Waals surface area contributed by atoms with Gasteiger partial charge in [0.2, 0.25) is 5.88 Å². The highest BCUT2D eigenvalue weighted by atomic mass is 35.5. The van der Waals surface area contributed by atoms with Crippen molar-refractivity contribution < 1.29 is 19.4 Å². The molecule has 1 aromatic carbocycles. The van der Waals surface area contributed by atoms with Crippen molar-refractivity contribution >= 4 is 17.6 Å². The Morgan fingerprint density at radius 1 is 1.29 bits per heavy atom. The zero-order valence-electron chi connectivity index (χ0n) is 13.7. The van der Waals surface area contributed by atoms with Crippen molar-refractivity contribution in [2.24, 2.45) is 0 Å². The highest BCUT2D eigenvalue weighted by Crippen LogP contribution is 2.26. The topological polar surface area (TPSA) is 81.5 Å². The van der Waals surface area contributed by atoms with Crippen LogP contribution in [0.5, 0.6) is 5.88 Å². The molecule has 0 bridgehead atoms. The van der Waals surface area contributed by atoms with Crippen LogP contribution in [0.25, 0.3) is 11.4 Å². The molecule has 2 rings (SSSR count). The first-order valence-electron chi connectivity index (χ1n) is 7.45. The zero-order valence-corrected chi connectivity index (χ0v) is 14.5. The van der Waals surface area contributed by atoms with E-state index in [1.165, 1.54) is 0 Å². The standard InChI is InChI=1S/C17H19ClN2O4/c1-10(8-9-23-3)24-16-14(17(21)22)11(2)19-15(20-16)12-4-6-13(18)7-5-12/h4-7,10H,8-9H2,1-3H3,(H,21,22). The van der Waals surface area contributed by atoms with Gasteiger partial charge < -0.3 is 14.6 Å². The number of ether oxygens (including phenoxy) is 2. The van der Waals surface area contributed by atoms with Crippen molar-refractivity contribution in [2.75, 3.05) is 13.7 Å². The van der Waals surface area contributed by atoms with E-state index in [1.54, 1.807) is 38.3 Å². The largest absolute Gasteiger partial charge is 0.477 e. The van der Waals surface area contributed by atoms with Crippen molar-refractivity contribution in [1.82, 2.24) is 9.97 Å². The zero-order chi connectivity index (χ0) is 17.7.